The number of thioether (sulfide) groups is 1. The monoisotopic (exact) mass is 373 g/mol. The van der Waals surface area contributed by atoms with Crippen molar-refractivity contribution in [3.63, 3.8) is 0 Å². The maximum absolute atomic E-state index is 12.5. The summed E-state index contributed by atoms with van der Waals surface area (Å²) >= 11 is 3.52. The standard InChI is InChI=1S/C14H10BrF2NO2S/c15-8-5-6-9(11(19)7-8)13(20)18-10-3-1-2-4-12(10)21-14(16)17/h1-7,14,19H,(H,18,20). The molecule has 110 valence electrons. The highest BCUT2D eigenvalue weighted by Gasteiger charge is 2.15. The number of anilines is 1. The van der Waals surface area contributed by atoms with Crippen LogP contribution in [0.5, 0.6) is 5.75 Å². The fourth-order valence-corrected chi connectivity index (χ4v) is 2.60. The number of nitrogens with one attached hydrogen (secondary N) is 1. The summed E-state index contributed by atoms with van der Waals surface area (Å²) in [6.45, 7) is 0. The lowest BCUT2D eigenvalue weighted by molar-refractivity contribution is 0.102. The Bertz CT molecular complexity index is 667. The van der Waals surface area contributed by atoms with E-state index in [0.29, 0.717) is 16.2 Å². The van der Waals surface area contributed by atoms with Crippen molar-refractivity contribution in [1.29, 1.82) is 0 Å². The lowest BCUT2D eigenvalue weighted by Crippen LogP contribution is -2.12. The number of carbonyl (C=O) groups is 1. The van der Waals surface area contributed by atoms with E-state index in [1.54, 1.807) is 18.2 Å². The van der Waals surface area contributed by atoms with Crippen molar-refractivity contribution in [2.45, 2.75) is 10.7 Å². The van der Waals surface area contributed by atoms with Crippen LogP contribution in [-0.2, 0) is 0 Å². The molecule has 0 atom stereocenters. The van der Waals surface area contributed by atoms with Crippen molar-refractivity contribution in [3.8, 4) is 5.75 Å². The van der Waals surface area contributed by atoms with Gasteiger partial charge in [0.1, 0.15) is 5.75 Å². The molecule has 2 rings (SSSR count). The summed E-state index contributed by atoms with van der Waals surface area (Å²) in [5.41, 5.74) is 0.338. The van der Waals surface area contributed by atoms with E-state index in [9.17, 15) is 18.7 Å². The minimum absolute atomic E-state index is 0.0649. The summed E-state index contributed by atoms with van der Waals surface area (Å²) in [5.74, 6) is -3.34. The molecule has 3 nitrogen and oxygen atoms in total. The first-order valence-corrected chi connectivity index (χ1v) is 7.48. The molecule has 21 heavy (non-hydrogen) atoms. The van der Waals surface area contributed by atoms with Crippen LogP contribution in [0.1, 0.15) is 10.4 Å². The first-order valence-electron chi connectivity index (χ1n) is 5.81. The van der Waals surface area contributed by atoms with E-state index in [1.165, 1.54) is 24.3 Å². The molecule has 0 aliphatic carbocycles. The highest BCUT2D eigenvalue weighted by atomic mass is 79.9. The number of rotatable bonds is 4. The molecule has 7 heteroatoms. The predicted molar refractivity (Wildman–Crippen MR) is 82.1 cm³/mol. The third-order valence-electron chi connectivity index (χ3n) is 2.56. The molecule has 2 aromatic rings. The van der Waals surface area contributed by atoms with Crippen molar-refractivity contribution in [2.24, 2.45) is 0 Å². The molecule has 2 aromatic carbocycles. The number of phenols is 1. The summed E-state index contributed by atoms with van der Waals surface area (Å²) in [6, 6.07) is 10.7. The third-order valence-corrected chi connectivity index (χ3v) is 3.84. The highest BCUT2D eigenvalue weighted by Crippen LogP contribution is 2.32. The van der Waals surface area contributed by atoms with E-state index < -0.39 is 11.7 Å². The lowest BCUT2D eigenvalue weighted by Gasteiger charge is -2.11. The van der Waals surface area contributed by atoms with Crippen molar-refractivity contribution in [1.82, 2.24) is 0 Å². The molecule has 0 saturated carbocycles. The molecule has 0 fully saturated rings. The lowest BCUT2D eigenvalue weighted by atomic mass is 10.2. The average molecular weight is 374 g/mol. The van der Waals surface area contributed by atoms with Gasteiger partial charge in [-0.05, 0) is 30.3 Å². The van der Waals surface area contributed by atoms with Crippen molar-refractivity contribution in [2.75, 3.05) is 5.32 Å². The zero-order valence-corrected chi connectivity index (χ0v) is 12.9. The maximum atomic E-state index is 12.5. The highest BCUT2D eigenvalue weighted by molar-refractivity contribution is 9.10. The fraction of sp³-hybridized carbons (Fsp3) is 0.0714. The van der Waals surface area contributed by atoms with Crippen LogP contribution in [0.25, 0.3) is 0 Å². The number of amides is 1. The third kappa shape index (κ3) is 4.18. The summed E-state index contributed by atoms with van der Waals surface area (Å²) < 4.78 is 25.6. The Morgan fingerprint density at radius 3 is 2.62 bits per heavy atom. The van der Waals surface area contributed by atoms with Gasteiger partial charge in [-0.3, -0.25) is 4.79 Å². The minimum Gasteiger partial charge on any atom is -0.507 e. The molecule has 0 bridgehead atoms. The van der Waals surface area contributed by atoms with E-state index in [2.05, 4.69) is 21.2 Å². The van der Waals surface area contributed by atoms with E-state index in [4.69, 9.17) is 0 Å². The van der Waals surface area contributed by atoms with Crippen molar-refractivity contribution < 1.29 is 18.7 Å². The summed E-state index contributed by atoms with van der Waals surface area (Å²) in [6.07, 6.45) is 0. The summed E-state index contributed by atoms with van der Waals surface area (Å²) in [7, 11) is 0. The van der Waals surface area contributed by atoms with Gasteiger partial charge in [0.05, 0.1) is 11.3 Å². The molecule has 0 spiro atoms. The van der Waals surface area contributed by atoms with Crippen LogP contribution in [-0.4, -0.2) is 16.8 Å². The van der Waals surface area contributed by atoms with Gasteiger partial charge in [0.25, 0.3) is 11.7 Å². The summed E-state index contributed by atoms with van der Waals surface area (Å²) in [4.78, 5) is 12.4. The normalized spacial score (nSPS) is 10.7. The van der Waals surface area contributed by atoms with Crippen LogP contribution < -0.4 is 5.32 Å². The minimum atomic E-state index is -2.58. The summed E-state index contributed by atoms with van der Waals surface area (Å²) in [5, 5.41) is 12.3. The predicted octanol–water partition coefficient (Wildman–Crippen LogP) is 4.72. The second-order valence-corrected chi connectivity index (χ2v) is 5.94. The molecule has 0 aliphatic heterocycles. The van der Waals surface area contributed by atoms with Gasteiger partial charge in [0.15, 0.2) is 0 Å². The number of hydrogen-bond acceptors (Lipinski definition) is 3. The van der Waals surface area contributed by atoms with Gasteiger partial charge in [-0.25, -0.2) is 0 Å². The Hall–Kier alpha value is -1.60. The van der Waals surface area contributed by atoms with Crippen LogP contribution in [0.2, 0.25) is 0 Å². The van der Waals surface area contributed by atoms with Gasteiger partial charge in [-0.15, -0.1) is 0 Å². The Kier molecular flexibility index (Phi) is 5.19. The van der Waals surface area contributed by atoms with E-state index in [0.717, 1.165) is 0 Å². The van der Waals surface area contributed by atoms with Gasteiger partial charge in [-0.2, -0.15) is 8.78 Å². The largest absolute Gasteiger partial charge is 0.507 e. The van der Waals surface area contributed by atoms with E-state index in [-0.39, 0.29) is 21.9 Å². The molecule has 2 N–H and O–H groups in total. The molecule has 1 amide bonds. The number of para-hydroxylation sites is 1. The number of benzene rings is 2. The first-order chi connectivity index (χ1) is 9.97. The zero-order chi connectivity index (χ0) is 15.4. The second-order valence-electron chi connectivity index (χ2n) is 3.99. The van der Waals surface area contributed by atoms with Crippen LogP contribution in [0.3, 0.4) is 0 Å². The Balaban J connectivity index is 2.23. The molecular formula is C14H10BrF2NO2S. The Labute approximate surface area is 132 Å². The average Bonchev–Trinajstić information content (AvgIpc) is 2.40. The first kappa shape index (κ1) is 15.8. The van der Waals surface area contributed by atoms with Crippen LogP contribution in [0.15, 0.2) is 51.8 Å². The van der Waals surface area contributed by atoms with Crippen LogP contribution >= 0.6 is 27.7 Å². The quantitative estimate of drug-likeness (QED) is 0.762. The number of halogens is 3. The number of aromatic hydroxyl groups is 1. The number of phenolic OH excluding ortho intramolecular Hbond substituents is 1. The topological polar surface area (TPSA) is 49.3 Å². The maximum Gasteiger partial charge on any atom is 0.288 e. The van der Waals surface area contributed by atoms with Gasteiger partial charge in [0, 0.05) is 9.37 Å². The zero-order valence-electron chi connectivity index (χ0n) is 10.5. The van der Waals surface area contributed by atoms with Crippen LogP contribution in [0, 0.1) is 0 Å². The van der Waals surface area contributed by atoms with Crippen molar-refractivity contribution >= 4 is 39.3 Å². The molecule has 0 aliphatic rings. The van der Waals surface area contributed by atoms with Crippen LogP contribution in [0.4, 0.5) is 14.5 Å². The van der Waals surface area contributed by atoms with E-state index >= 15 is 0 Å². The molecule has 0 heterocycles. The Morgan fingerprint density at radius 1 is 1.24 bits per heavy atom. The molecule has 0 radical (unpaired) electrons. The number of hydrogen-bond donors (Lipinski definition) is 2. The second kappa shape index (κ2) is 6.91. The van der Waals surface area contributed by atoms with Crippen molar-refractivity contribution in [3.05, 3.63) is 52.5 Å². The molecule has 0 aromatic heterocycles. The smallest absolute Gasteiger partial charge is 0.288 e. The number of carbonyl (C=O) groups excluding carboxylic acids is 1. The molecule has 0 unspecified atom stereocenters. The SMILES string of the molecule is O=C(Nc1ccccc1SC(F)F)c1ccc(Br)cc1O. The van der Waals surface area contributed by atoms with E-state index in [1.807, 2.05) is 0 Å². The Morgan fingerprint density at radius 2 is 1.95 bits per heavy atom. The van der Waals surface area contributed by atoms with Gasteiger partial charge in [-0.1, -0.05) is 39.8 Å². The van der Waals surface area contributed by atoms with Gasteiger partial charge >= 0.3 is 0 Å². The van der Waals surface area contributed by atoms with Gasteiger partial charge < -0.3 is 10.4 Å². The number of alkyl halides is 2. The van der Waals surface area contributed by atoms with Gasteiger partial charge in [0.2, 0.25) is 0 Å². The molecule has 0 saturated heterocycles. The molecular weight excluding hydrogens is 364 g/mol. The fourth-order valence-electron chi connectivity index (χ4n) is 1.66.